The fraction of sp³-hybridized carbons (Fsp3) is 0.278. The van der Waals surface area contributed by atoms with Crippen molar-refractivity contribution in [2.24, 2.45) is 0 Å². The maximum Gasteiger partial charge on any atom is 0.264 e. The van der Waals surface area contributed by atoms with Gasteiger partial charge in [0, 0.05) is 30.1 Å². The SMILES string of the molecule is CC[C@@H](C)NC(=O)[C@H](Cc1ccccc1)N(Cc1ccccc1)C(=O)CN(c1ccc(Cl)cc1)S(=O)(=O)c1ccc(OC)c(OC)c1. The highest BCUT2D eigenvalue weighted by Gasteiger charge is 2.35. The molecule has 9 nitrogen and oxygen atoms in total. The van der Waals surface area contributed by atoms with Crippen molar-refractivity contribution in [3.8, 4) is 11.5 Å². The molecule has 4 rings (SSSR count). The van der Waals surface area contributed by atoms with Gasteiger partial charge in [0.1, 0.15) is 12.6 Å². The molecular weight excluding hydrogens is 638 g/mol. The van der Waals surface area contributed by atoms with Crippen LogP contribution < -0.4 is 19.1 Å². The van der Waals surface area contributed by atoms with Crippen LogP contribution in [0.2, 0.25) is 5.02 Å². The lowest BCUT2D eigenvalue weighted by atomic mass is 10.0. The molecular formula is C36H40ClN3O6S. The second-order valence-electron chi connectivity index (χ2n) is 11.0. The zero-order valence-electron chi connectivity index (χ0n) is 26.9. The van der Waals surface area contributed by atoms with Gasteiger partial charge < -0.3 is 19.7 Å². The maximum absolute atomic E-state index is 14.6. The molecule has 2 amide bonds. The number of anilines is 1. The molecule has 4 aromatic rings. The average molecular weight is 678 g/mol. The van der Waals surface area contributed by atoms with E-state index in [4.69, 9.17) is 21.1 Å². The summed E-state index contributed by atoms with van der Waals surface area (Å²) in [6, 6.07) is 28.1. The van der Waals surface area contributed by atoms with Crippen LogP contribution in [-0.2, 0) is 32.6 Å². The lowest BCUT2D eigenvalue weighted by Gasteiger charge is -2.34. The average Bonchev–Trinajstić information content (AvgIpc) is 3.09. The lowest BCUT2D eigenvalue weighted by molar-refractivity contribution is -0.140. The molecule has 4 aromatic carbocycles. The standard InChI is InChI=1S/C36H40ClN3O6S/c1-5-26(2)38-36(42)32(22-27-12-8-6-9-13-27)39(24-28-14-10-7-11-15-28)35(41)25-40(30-18-16-29(37)17-19-30)47(43,44)31-20-21-33(45-3)34(23-31)46-4/h6-21,23,26,32H,5,22,24-25H2,1-4H3,(H,38,42)/t26-,32+/m1/s1. The van der Waals surface area contributed by atoms with Crippen LogP contribution in [0.5, 0.6) is 11.5 Å². The van der Waals surface area contributed by atoms with Gasteiger partial charge in [-0.05, 0) is 60.9 Å². The third kappa shape index (κ3) is 9.05. The number of sulfonamides is 1. The van der Waals surface area contributed by atoms with Crippen molar-refractivity contribution in [2.75, 3.05) is 25.1 Å². The second-order valence-corrected chi connectivity index (χ2v) is 13.3. The number of rotatable bonds is 15. The molecule has 11 heteroatoms. The summed E-state index contributed by atoms with van der Waals surface area (Å²) in [7, 11) is -1.48. The van der Waals surface area contributed by atoms with Crippen LogP contribution in [0.25, 0.3) is 0 Å². The smallest absolute Gasteiger partial charge is 0.264 e. The minimum absolute atomic E-state index is 0.0793. The Labute approximate surface area is 282 Å². The molecule has 0 fully saturated rings. The van der Waals surface area contributed by atoms with Crippen molar-refractivity contribution in [1.29, 1.82) is 0 Å². The van der Waals surface area contributed by atoms with Gasteiger partial charge in [0.05, 0.1) is 24.8 Å². The van der Waals surface area contributed by atoms with Crippen molar-refractivity contribution >= 4 is 39.1 Å². The Kier molecular flexibility index (Phi) is 12.3. The number of amides is 2. The number of hydrogen-bond donors (Lipinski definition) is 1. The summed E-state index contributed by atoms with van der Waals surface area (Å²) in [6.07, 6.45) is 0.926. The Bertz CT molecular complexity index is 1740. The largest absolute Gasteiger partial charge is 0.493 e. The van der Waals surface area contributed by atoms with E-state index in [1.165, 1.54) is 49.5 Å². The number of halogens is 1. The number of nitrogens with one attached hydrogen (secondary N) is 1. The van der Waals surface area contributed by atoms with E-state index in [1.807, 2.05) is 74.5 Å². The Balaban J connectivity index is 1.81. The Hall–Kier alpha value is -4.54. The summed E-state index contributed by atoms with van der Waals surface area (Å²) in [6.45, 7) is 3.36. The first kappa shape index (κ1) is 35.3. The number of carbonyl (C=O) groups is 2. The normalized spacial score (nSPS) is 12.4. The molecule has 0 aliphatic carbocycles. The van der Waals surface area contributed by atoms with E-state index in [-0.39, 0.29) is 41.2 Å². The van der Waals surface area contributed by atoms with Gasteiger partial charge in [-0.15, -0.1) is 0 Å². The first-order chi connectivity index (χ1) is 22.6. The van der Waals surface area contributed by atoms with Gasteiger partial charge in [-0.2, -0.15) is 0 Å². The zero-order chi connectivity index (χ0) is 34.0. The van der Waals surface area contributed by atoms with Crippen molar-refractivity contribution in [1.82, 2.24) is 10.2 Å². The highest BCUT2D eigenvalue weighted by Crippen LogP contribution is 2.33. The lowest BCUT2D eigenvalue weighted by Crippen LogP contribution is -2.54. The minimum Gasteiger partial charge on any atom is -0.493 e. The molecule has 0 aromatic heterocycles. The predicted molar refractivity (Wildman–Crippen MR) is 184 cm³/mol. The van der Waals surface area contributed by atoms with Crippen molar-refractivity contribution < 1.29 is 27.5 Å². The number of methoxy groups -OCH3 is 2. The van der Waals surface area contributed by atoms with Gasteiger partial charge in [0.25, 0.3) is 10.0 Å². The zero-order valence-corrected chi connectivity index (χ0v) is 28.5. The van der Waals surface area contributed by atoms with E-state index >= 15 is 0 Å². The highest BCUT2D eigenvalue weighted by molar-refractivity contribution is 7.92. The highest BCUT2D eigenvalue weighted by atomic mass is 35.5. The van der Waals surface area contributed by atoms with Crippen LogP contribution in [0.3, 0.4) is 0 Å². The fourth-order valence-electron chi connectivity index (χ4n) is 5.02. The quantitative estimate of drug-likeness (QED) is 0.163. The summed E-state index contributed by atoms with van der Waals surface area (Å²) in [5.41, 5.74) is 1.87. The van der Waals surface area contributed by atoms with E-state index in [2.05, 4.69) is 5.32 Å². The molecule has 0 saturated carbocycles. The van der Waals surface area contributed by atoms with E-state index in [0.29, 0.717) is 17.2 Å². The monoisotopic (exact) mass is 677 g/mol. The summed E-state index contributed by atoms with van der Waals surface area (Å²) >= 11 is 6.16. The maximum atomic E-state index is 14.6. The molecule has 0 radical (unpaired) electrons. The second kappa shape index (κ2) is 16.3. The minimum atomic E-state index is -4.35. The van der Waals surface area contributed by atoms with Gasteiger partial charge in [0.15, 0.2) is 11.5 Å². The first-order valence-electron chi connectivity index (χ1n) is 15.2. The fourth-order valence-corrected chi connectivity index (χ4v) is 6.57. The van der Waals surface area contributed by atoms with Gasteiger partial charge in [-0.25, -0.2) is 8.42 Å². The Morgan fingerprint density at radius 1 is 0.830 bits per heavy atom. The molecule has 1 N–H and O–H groups in total. The first-order valence-corrected chi connectivity index (χ1v) is 17.1. The molecule has 0 spiro atoms. The molecule has 47 heavy (non-hydrogen) atoms. The van der Waals surface area contributed by atoms with Crippen LogP contribution in [0, 0.1) is 0 Å². The summed E-state index contributed by atoms with van der Waals surface area (Å²) in [5, 5.41) is 3.44. The summed E-state index contributed by atoms with van der Waals surface area (Å²) in [5.74, 6) is -0.321. The van der Waals surface area contributed by atoms with Crippen LogP contribution in [-0.4, -0.2) is 58.0 Å². The Morgan fingerprint density at radius 2 is 1.43 bits per heavy atom. The van der Waals surface area contributed by atoms with Crippen LogP contribution >= 0.6 is 11.6 Å². The van der Waals surface area contributed by atoms with E-state index in [0.717, 1.165) is 15.4 Å². The molecule has 2 atom stereocenters. The predicted octanol–water partition coefficient (Wildman–Crippen LogP) is 6.11. The van der Waals surface area contributed by atoms with Crippen molar-refractivity contribution in [3.05, 3.63) is 119 Å². The molecule has 0 unspecified atom stereocenters. The van der Waals surface area contributed by atoms with Crippen molar-refractivity contribution in [3.63, 3.8) is 0 Å². The third-order valence-corrected chi connectivity index (χ3v) is 9.83. The van der Waals surface area contributed by atoms with E-state index in [9.17, 15) is 18.0 Å². The van der Waals surface area contributed by atoms with Crippen LogP contribution in [0.1, 0.15) is 31.4 Å². The van der Waals surface area contributed by atoms with Gasteiger partial charge in [-0.1, -0.05) is 79.2 Å². The van der Waals surface area contributed by atoms with Gasteiger partial charge in [0.2, 0.25) is 11.8 Å². The molecule has 0 aliphatic rings. The third-order valence-electron chi connectivity index (χ3n) is 7.80. The van der Waals surface area contributed by atoms with E-state index in [1.54, 1.807) is 12.1 Å². The molecule has 0 aliphatic heterocycles. The molecule has 0 saturated heterocycles. The summed E-state index contributed by atoms with van der Waals surface area (Å²) < 4.78 is 40.4. The number of ether oxygens (including phenoxy) is 2. The molecule has 0 bridgehead atoms. The summed E-state index contributed by atoms with van der Waals surface area (Å²) in [4.78, 5) is 29.8. The topological polar surface area (TPSA) is 105 Å². The number of nitrogens with zero attached hydrogens (tertiary/aromatic N) is 2. The van der Waals surface area contributed by atoms with E-state index < -0.39 is 28.5 Å². The Morgan fingerprint density at radius 3 is 2.00 bits per heavy atom. The van der Waals surface area contributed by atoms with Gasteiger partial charge >= 0.3 is 0 Å². The number of carbonyl (C=O) groups excluding carboxylic acids is 2. The van der Waals surface area contributed by atoms with Crippen LogP contribution in [0.15, 0.2) is 108 Å². The number of hydrogen-bond acceptors (Lipinski definition) is 6. The molecule has 0 heterocycles. The number of benzene rings is 4. The molecule has 248 valence electrons. The van der Waals surface area contributed by atoms with Crippen molar-refractivity contribution in [2.45, 2.75) is 50.2 Å². The van der Waals surface area contributed by atoms with Gasteiger partial charge in [-0.3, -0.25) is 13.9 Å². The van der Waals surface area contributed by atoms with Crippen LogP contribution in [0.4, 0.5) is 5.69 Å².